The maximum atomic E-state index is 5.96. The normalized spacial score (nSPS) is 22.1. The van der Waals surface area contributed by atoms with Crippen molar-refractivity contribution in [3.63, 3.8) is 0 Å². The summed E-state index contributed by atoms with van der Waals surface area (Å²) in [7, 11) is 1.69. The number of methoxy groups -OCH3 is 1. The lowest BCUT2D eigenvalue weighted by atomic mass is 10.0. The Labute approximate surface area is 117 Å². The molecule has 0 spiro atoms. The molecule has 2 N–H and O–H groups in total. The van der Waals surface area contributed by atoms with Gasteiger partial charge in [0.1, 0.15) is 5.75 Å². The molecule has 4 heteroatoms. The van der Waals surface area contributed by atoms with Crippen molar-refractivity contribution in [2.24, 2.45) is 11.7 Å². The fourth-order valence-corrected chi connectivity index (χ4v) is 3.09. The van der Waals surface area contributed by atoms with Crippen LogP contribution in [0.4, 0.5) is 0 Å². The van der Waals surface area contributed by atoms with E-state index in [1.807, 2.05) is 6.07 Å². The summed E-state index contributed by atoms with van der Waals surface area (Å²) in [6, 6.07) is 6.58. The Balaban J connectivity index is 1.96. The minimum atomic E-state index is 0.303. The second-order valence-electron chi connectivity index (χ2n) is 5.11. The first kappa shape index (κ1) is 13.8. The highest BCUT2D eigenvalue weighted by molar-refractivity contribution is 9.10. The van der Waals surface area contributed by atoms with Crippen LogP contribution in [0.25, 0.3) is 0 Å². The van der Waals surface area contributed by atoms with Crippen LogP contribution in [0.5, 0.6) is 5.75 Å². The number of ether oxygens (including phenoxy) is 1. The first-order valence-corrected chi connectivity index (χ1v) is 7.20. The number of rotatable bonds is 4. The summed E-state index contributed by atoms with van der Waals surface area (Å²) in [5.41, 5.74) is 7.28. The van der Waals surface area contributed by atoms with E-state index in [1.165, 1.54) is 12.0 Å². The molecule has 2 unspecified atom stereocenters. The van der Waals surface area contributed by atoms with E-state index in [4.69, 9.17) is 10.5 Å². The van der Waals surface area contributed by atoms with E-state index in [0.29, 0.717) is 12.0 Å². The fourth-order valence-electron chi connectivity index (χ4n) is 2.50. The van der Waals surface area contributed by atoms with Gasteiger partial charge in [0, 0.05) is 19.1 Å². The Bertz CT molecular complexity index is 409. The largest absolute Gasteiger partial charge is 0.496 e. The summed E-state index contributed by atoms with van der Waals surface area (Å²) >= 11 is 3.53. The highest BCUT2D eigenvalue weighted by Crippen LogP contribution is 2.27. The third-order valence-electron chi connectivity index (χ3n) is 3.67. The number of hydrogen-bond acceptors (Lipinski definition) is 3. The summed E-state index contributed by atoms with van der Waals surface area (Å²) in [6.45, 7) is 5.36. The first-order valence-electron chi connectivity index (χ1n) is 6.40. The Morgan fingerprint density at radius 3 is 2.89 bits per heavy atom. The third-order valence-corrected chi connectivity index (χ3v) is 4.29. The molecule has 2 rings (SSSR count). The van der Waals surface area contributed by atoms with Gasteiger partial charge < -0.3 is 10.5 Å². The molecule has 18 heavy (non-hydrogen) atoms. The third kappa shape index (κ3) is 3.25. The Kier molecular flexibility index (Phi) is 4.65. The molecule has 1 heterocycles. The van der Waals surface area contributed by atoms with Crippen molar-refractivity contribution in [3.8, 4) is 5.75 Å². The van der Waals surface area contributed by atoms with E-state index in [9.17, 15) is 0 Å². The molecule has 1 fully saturated rings. The molecule has 0 radical (unpaired) electrons. The smallest absolute Gasteiger partial charge is 0.133 e. The van der Waals surface area contributed by atoms with Gasteiger partial charge in [-0.1, -0.05) is 6.07 Å². The monoisotopic (exact) mass is 312 g/mol. The molecule has 2 atom stereocenters. The van der Waals surface area contributed by atoms with Gasteiger partial charge in [0.2, 0.25) is 0 Å². The first-order chi connectivity index (χ1) is 8.60. The summed E-state index contributed by atoms with van der Waals surface area (Å²) in [6.07, 6.45) is 1.22. The van der Waals surface area contributed by atoms with Crippen LogP contribution in [0.2, 0.25) is 0 Å². The van der Waals surface area contributed by atoms with Crippen LogP contribution in [0.15, 0.2) is 22.7 Å². The molecule has 1 aliphatic rings. The van der Waals surface area contributed by atoms with Crippen molar-refractivity contribution < 1.29 is 4.74 Å². The van der Waals surface area contributed by atoms with E-state index >= 15 is 0 Å². The van der Waals surface area contributed by atoms with Crippen molar-refractivity contribution in [2.45, 2.75) is 25.9 Å². The van der Waals surface area contributed by atoms with Crippen LogP contribution < -0.4 is 10.5 Å². The predicted molar refractivity (Wildman–Crippen MR) is 77.7 cm³/mol. The summed E-state index contributed by atoms with van der Waals surface area (Å²) in [5.74, 6) is 1.53. The molecule has 0 bridgehead atoms. The lowest BCUT2D eigenvalue weighted by molar-refractivity contribution is 0.308. The number of hydrogen-bond donors (Lipinski definition) is 1. The van der Waals surface area contributed by atoms with Crippen molar-refractivity contribution in [3.05, 3.63) is 28.2 Å². The molecule has 0 aliphatic carbocycles. The Morgan fingerprint density at radius 1 is 1.56 bits per heavy atom. The molecule has 0 saturated carbocycles. The van der Waals surface area contributed by atoms with Crippen LogP contribution in [-0.2, 0) is 6.54 Å². The minimum absolute atomic E-state index is 0.303. The topological polar surface area (TPSA) is 38.5 Å². The van der Waals surface area contributed by atoms with Gasteiger partial charge in [-0.05, 0) is 59.4 Å². The summed E-state index contributed by atoms with van der Waals surface area (Å²) in [5, 5.41) is 0. The quantitative estimate of drug-likeness (QED) is 0.929. The SMILES string of the molecule is COc1ccc(CN2CCC(C(C)N)C2)cc1Br. The predicted octanol–water partition coefficient (Wildman–Crippen LogP) is 2.63. The molecule has 1 aromatic carbocycles. The van der Waals surface area contributed by atoms with E-state index in [1.54, 1.807) is 7.11 Å². The molecule has 100 valence electrons. The average Bonchev–Trinajstić information content (AvgIpc) is 2.78. The number of likely N-dealkylation sites (tertiary alicyclic amines) is 1. The van der Waals surface area contributed by atoms with Crippen LogP contribution in [0.1, 0.15) is 18.9 Å². The number of nitrogens with zero attached hydrogens (tertiary/aromatic N) is 1. The lowest BCUT2D eigenvalue weighted by Gasteiger charge is -2.18. The fraction of sp³-hybridized carbons (Fsp3) is 0.571. The number of nitrogens with two attached hydrogens (primary N) is 1. The zero-order chi connectivity index (χ0) is 13.1. The Morgan fingerprint density at radius 2 is 2.33 bits per heavy atom. The van der Waals surface area contributed by atoms with Gasteiger partial charge in [-0.2, -0.15) is 0 Å². The zero-order valence-electron chi connectivity index (χ0n) is 11.0. The average molecular weight is 313 g/mol. The van der Waals surface area contributed by atoms with Crippen molar-refractivity contribution in [1.29, 1.82) is 0 Å². The van der Waals surface area contributed by atoms with Gasteiger partial charge >= 0.3 is 0 Å². The van der Waals surface area contributed by atoms with Gasteiger partial charge in [-0.15, -0.1) is 0 Å². The molecular formula is C14H21BrN2O. The lowest BCUT2D eigenvalue weighted by Crippen LogP contribution is -2.29. The van der Waals surface area contributed by atoms with Gasteiger partial charge in [0.25, 0.3) is 0 Å². The maximum absolute atomic E-state index is 5.96. The van der Waals surface area contributed by atoms with Gasteiger partial charge in [0.05, 0.1) is 11.6 Å². The van der Waals surface area contributed by atoms with Crippen molar-refractivity contribution >= 4 is 15.9 Å². The number of halogens is 1. The molecule has 1 aliphatic heterocycles. The highest BCUT2D eigenvalue weighted by atomic mass is 79.9. The van der Waals surface area contributed by atoms with E-state index in [-0.39, 0.29) is 0 Å². The van der Waals surface area contributed by atoms with Gasteiger partial charge in [-0.3, -0.25) is 4.90 Å². The van der Waals surface area contributed by atoms with E-state index < -0.39 is 0 Å². The summed E-state index contributed by atoms with van der Waals surface area (Å²) < 4.78 is 6.26. The molecular weight excluding hydrogens is 292 g/mol. The number of benzene rings is 1. The van der Waals surface area contributed by atoms with Crippen LogP contribution in [0.3, 0.4) is 0 Å². The molecule has 3 nitrogen and oxygen atoms in total. The van der Waals surface area contributed by atoms with Gasteiger partial charge in [-0.25, -0.2) is 0 Å². The standard InChI is InChI=1S/C14H21BrN2O/c1-10(16)12-5-6-17(9-12)8-11-3-4-14(18-2)13(15)7-11/h3-4,7,10,12H,5-6,8-9,16H2,1-2H3. The second kappa shape index (κ2) is 6.04. The van der Waals surface area contributed by atoms with Crippen LogP contribution in [0, 0.1) is 5.92 Å². The zero-order valence-corrected chi connectivity index (χ0v) is 12.6. The summed E-state index contributed by atoms with van der Waals surface area (Å²) in [4.78, 5) is 2.47. The molecule has 0 aromatic heterocycles. The molecule has 0 amide bonds. The van der Waals surface area contributed by atoms with E-state index in [2.05, 4.69) is 39.9 Å². The van der Waals surface area contributed by atoms with E-state index in [0.717, 1.165) is 29.9 Å². The molecule has 1 saturated heterocycles. The van der Waals surface area contributed by atoms with Gasteiger partial charge in [0.15, 0.2) is 0 Å². The highest BCUT2D eigenvalue weighted by Gasteiger charge is 2.25. The second-order valence-corrected chi connectivity index (χ2v) is 5.97. The van der Waals surface area contributed by atoms with Crippen molar-refractivity contribution in [1.82, 2.24) is 4.90 Å². The Hall–Kier alpha value is -0.580. The van der Waals surface area contributed by atoms with Crippen LogP contribution in [-0.4, -0.2) is 31.1 Å². The maximum Gasteiger partial charge on any atom is 0.133 e. The van der Waals surface area contributed by atoms with Crippen molar-refractivity contribution in [2.75, 3.05) is 20.2 Å². The minimum Gasteiger partial charge on any atom is -0.496 e. The van der Waals surface area contributed by atoms with Crippen LogP contribution >= 0.6 is 15.9 Å². The molecule has 1 aromatic rings.